The molecule has 0 bridgehead atoms. The first-order chi connectivity index (χ1) is 10.1. The van der Waals surface area contributed by atoms with Crippen molar-refractivity contribution in [1.29, 1.82) is 0 Å². The SMILES string of the molecule is CNC(C)c1ccc(F)c(-c2ccc3c(c2)CCN3C)c1. The molecule has 1 aliphatic rings. The highest BCUT2D eigenvalue weighted by atomic mass is 19.1. The van der Waals surface area contributed by atoms with Gasteiger partial charge in [-0.15, -0.1) is 0 Å². The number of rotatable bonds is 3. The molecular formula is C18H21FN2. The fraction of sp³-hybridized carbons (Fsp3) is 0.333. The lowest BCUT2D eigenvalue weighted by molar-refractivity contribution is 0.622. The van der Waals surface area contributed by atoms with Gasteiger partial charge >= 0.3 is 0 Å². The molecule has 1 N–H and O–H groups in total. The number of halogens is 1. The average Bonchev–Trinajstić information content (AvgIpc) is 2.88. The van der Waals surface area contributed by atoms with Crippen LogP contribution in [0.4, 0.5) is 10.1 Å². The zero-order chi connectivity index (χ0) is 15.0. The van der Waals surface area contributed by atoms with Crippen molar-refractivity contribution < 1.29 is 4.39 Å². The summed E-state index contributed by atoms with van der Waals surface area (Å²) in [7, 11) is 4.01. The average molecular weight is 284 g/mol. The summed E-state index contributed by atoms with van der Waals surface area (Å²) in [5.41, 5.74) is 5.32. The molecule has 2 aromatic rings. The van der Waals surface area contributed by atoms with Gasteiger partial charge in [0, 0.05) is 30.9 Å². The van der Waals surface area contributed by atoms with E-state index in [1.165, 1.54) is 11.3 Å². The third-order valence-corrected chi connectivity index (χ3v) is 4.44. The van der Waals surface area contributed by atoms with Gasteiger partial charge < -0.3 is 10.2 Å². The lowest BCUT2D eigenvalue weighted by atomic mass is 9.97. The maximum atomic E-state index is 14.2. The van der Waals surface area contributed by atoms with Crippen LogP contribution in [0.15, 0.2) is 36.4 Å². The molecule has 2 aromatic carbocycles. The van der Waals surface area contributed by atoms with Crippen molar-refractivity contribution in [3.63, 3.8) is 0 Å². The van der Waals surface area contributed by atoms with Gasteiger partial charge in [0.2, 0.25) is 0 Å². The van der Waals surface area contributed by atoms with E-state index < -0.39 is 0 Å². The lowest BCUT2D eigenvalue weighted by Crippen LogP contribution is -2.12. The minimum absolute atomic E-state index is 0.159. The molecular weight excluding hydrogens is 263 g/mol. The van der Waals surface area contributed by atoms with Crippen LogP contribution in [0.5, 0.6) is 0 Å². The Morgan fingerprint density at radius 3 is 2.76 bits per heavy atom. The summed E-state index contributed by atoms with van der Waals surface area (Å²) < 4.78 is 14.2. The number of hydrogen-bond donors (Lipinski definition) is 1. The van der Waals surface area contributed by atoms with E-state index in [1.54, 1.807) is 6.07 Å². The van der Waals surface area contributed by atoms with Crippen molar-refractivity contribution >= 4 is 5.69 Å². The number of likely N-dealkylation sites (N-methyl/N-ethyl adjacent to an activating group) is 1. The van der Waals surface area contributed by atoms with E-state index >= 15 is 0 Å². The summed E-state index contributed by atoms with van der Waals surface area (Å²) in [5, 5.41) is 3.20. The van der Waals surface area contributed by atoms with Gasteiger partial charge in [-0.1, -0.05) is 12.1 Å². The van der Waals surface area contributed by atoms with Gasteiger partial charge in [-0.3, -0.25) is 0 Å². The first-order valence-electron chi connectivity index (χ1n) is 7.41. The second-order valence-corrected chi connectivity index (χ2v) is 5.76. The molecule has 3 rings (SSSR count). The summed E-state index contributed by atoms with van der Waals surface area (Å²) in [4.78, 5) is 2.25. The Balaban J connectivity index is 2.04. The van der Waals surface area contributed by atoms with Crippen molar-refractivity contribution in [2.45, 2.75) is 19.4 Å². The Bertz CT molecular complexity index is 666. The van der Waals surface area contributed by atoms with Gasteiger partial charge in [0.05, 0.1) is 0 Å². The van der Waals surface area contributed by atoms with Crippen molar-refractivity contribution in [2.75, 3.05) is 25.5 Å². The molecule has 0 aromatic heterocycles. The van der Waals surface area contributed by atoms with Crippen molar-refractivity contribution in [2.24, 2.45) is 0 Å². The molecule has 0 radical (unpaired) electrons. The van der Waals surface area contributed by atoms with Crippen LogP contribution in [-0.4, -0.2) is 20.6 Å². The monoisotopic (exact) mass is 284 g/mol. The molecule has 1 aliphatic heterocycles. The molecule has 2 nitrogen and oxygen atoms in total. The molecule has 0 saturated heterocycles. The Morgan fingerprint density at radius 1 is 1.19 bits per heavy atom. The molecule has 1 atom stereocenters. The normalized spacial score (nSPS) is 15.1. The predicted octanol–water partition coefficient (Wildman–Crippen LogP) is 3.77. The number of anilines is 1. The number of fused-ring (bicyclic) bond motifs is 1. The van der Waals surface area contributed by atoms with E-state index in [2.05, 4.69) is 36.3 Å². The summed E-state index contributed by atoms with van der Waals surface area (Å²) in [5.74, 6) is -0.159. The minimum Gasteiger partial charge on any atom is -0.374 e. The maximum absolute atomic E-state index is 14.2. The van der Waals surface area contributed by atoms with Crippen LogP contribution in [0.1, 0.15) is 24.1 Å². The van der Waals surface area contributed by atoms with Gasteiger partial charge in [0.25, 0.3) is 0 Å². The number of nitrogens with one attached hydrogen (secondary N) is 1. The van der Waals surface area contributed by atoms with E-state index in [1.807, 2.05) is 25.2 Å². The van der Waals surface area contributed by atoms with Gasteiger partial charge in [0.1, 0.15) is 5.82 Å². The summed E-state index contributed by atoms with van der Waals surface area (Å²) in [6.45, 7) is 3.12. The topological polar surface area (TPSA) is 15.3 Å². The first-order valence-corrected chi connectivity index (χ1v) is 7.41. The van der Waals surface area contributed by atoms with Crippen LogP contribution < -0.4 is 10.2 Å². The van der Waals surface area contributed by atoms with Crippen molar-refractivity contribution in [3.05, 3.63) is 53.3 Å². The Kier molecular flexibility index (Phi) is 3.68. The van der Waals surface area contributed by atoms with E-state index in [0.29, 0.717) is 5.56 Å². The lowest BCUT2D eigenvalue weighted by Gasteiger charge is -2.15. The molecule has 21 heavy (non-hydrogen) atoms. The third kappa shape index (κ3) is 2.54. The Morgan fingerprint density at radius 2 is 2.00 bits per heavy atom. The predicted molar refractivity (Wildman–Crippen MR) is 86.3 cm³/mol. The molecule has 1 unspecified atom stereocenters. The van der Waals surface area contributed by atoms with Gasteiger partial charge in [-0.2, -0.15) is 0 Å². The summed E-state index contributed by atoms with van der Waals surface area (Å²) in [6, 6.07) is 11.8. The molecule has 0 spiro atoms. The van der Waals surface area contributed by atoms with Crippen LogP contribution in [-0.2, 0) is 6.42 Å². The van der Waals surface area contributed by atoms with Crippen LogP contribution in [0.2, 0.25) is 0 Å². The second-order valence-electron chi connectivity index (χ2n) is 5.76. The smallest absolute Gasteiger partial charge is 0.131 e. The zero-order valence-corrected chi connectivity index (χ0v) is 12.8. The Hall–Kier alpha value is -1.87. The van der Waals surface area contributed by atoms with Crippen LogP contribution in [0, 0.1) is 5.82 Å². The first kappa shape index (κ1) is 14.1. The van der Waals surface area contributed by atoms with Crippen molar-refractivity contribution in [1.82, 2.24) is 5.32 Å². The van der Waals surface area contributed by atoms with E-state index in [0.717, 1.165) is 24.1 Å². The largest absolute Gasteiger partial charge is 0.374 e. The zero-order valence-electron chi connectivity index (χ0n) is 12.8. The maximum Gasteiger partial charge on any atom is 0.131 e. The minimum atomic E-state index is -0.159. The van der Waals surface area contributed by atoms with Crippen molar-refractivity contribution in [3.8, 4) is 11.1 Å². The molecule has 3 heteroatoms. The van der Waals surface area contributed by atoms with Gasteiger partial charge in [-0.25, -0.2) is 4.39 Å². The fourth-order valence-electron chi connectivity index (χ4n) is 2.93. The standard InChI is InChI=1S/C18H21FN2/c1-12(20-2)13-4-6-17(19)16(11-13)14-5-7-18-15(10-14)8-9-21(18)3/h4-7,10-12,20H,8-9H2,1-3H3. The number of hydrogen-bond acceptors (Lipinski definition) is 2. The highest BCUT2D eigenvalue weighted by Crippen LogP contribution is 2.33. The molecule has 0 amide bonds. The summed E-state index contributed by atoms with van der Waals surface area (Å²) >= 11 is 0. The highest BCUT2D eigenvalue weighted by molar-refractivity contribution is 5.71. The van der Waals surface area contributed by atoms with Gasteiger partial charge in [-0.05, 0) is 61.3 Å². The van der Waals surface area contributed by atoms with Crippen LogP contribution >= 0.6 is 0 Å². The third-order valence-electron chi connectivity index (χ3n) is 4.44. The van der Waals surface area contributed by atoms with E-state index in [9.17, 15) is 4.39 Å². The molecule has 110 valence electrons. The second kappa shape index (κ2) is 5.49. The quantitative estimate of drug-likeness (QED) is 0.923. The molecule has 1 heterocycles. The Labute approximate surface area is 125 Å². The fourth-order valence-corrected chi connectivity index (χ4v) is 2.93. The van der Waals surface area contributed by atoms with Crippen LogP contribution in [0.25, 0.3) is 11.1 Å². The highest BCUT2D eigenvalue weighted by Gasteiger charge is 2.17. The van der Waals surface area contributed by atoms with E-state index in [4.69, 9.17) is 0 Å². The molecule has 0 saturated carbocycles. The van der Waals surface area contributed by atoms with Crippen LogP contribution in [0.3, 0.4) is 0 Å². The molecule has 0 aliphatic carbocycles. The van der Waals surface area contributed by atoms with Gasteiger partial charge in [0.15, 0.2) is 0 Å². The molecule has 0 fully saturated rings. The van der Waals surface area contributed by atoms with E-state index in [-0.39, 0.29) is 11.9 Å². The summed E-state index contributed by atoms with van der Waals surface area (Å²) in [6.07, 6.45) is 1.04. The number of nitrogens with zero attached hydrogens (tertiary/aromatic N) is 1. The number of benzene rings is 2.